The smallest absolute Gasteiger partial charge is 0.269 e. The fraction of sp³-hybridized carbons (Fsp3) is 0.360. The lowest BCUT2D eigenvalue weighted by Crippen LogP contribution is -2.61. The number of nitrogens with one attached hydrogen (secondary N) is 2. The van der Waals surface area contributed by atoms with E-state index in [9.17, 15) is 31.9 Å². The molecule has 2 amide bonds. The minimum atomic E-state index is -3.38. The van der Waals surface area contributed by atoms with E-state index in [4.69, 9.17) is 9.94 Å². The van der Waals surface area contributed by atoms with Gasteiger partial charge < -0.3 is 15.2 Å². The number of alkyl halides is 2. The lowest BCUT2D eigenvalue weighted by atomic mass is 9.95. The Kier molecular flexibility index (Phi) is 8.85. The van der Waals surface area contributed by atoms with Gasteiger partial charge in [0.1, 0.15) is 17.9 Å². The van der Waals surface area contributed by atoms with Crippen LogP contribution in [0.4, 0.5) is 8.78 Å². The van der Waals surface area contributed by atoms with Crippen LogP contribution < -0.4 is 15.5 Å². The number of ether oxygens (including phenoxy) is 1. The van der Waals surface area contributed by atoms with E-state index in [2.05, 4.69) is 11.8 Å². The third-order valence-electron chi connectivity index (χ3n) is 5.83. The molecule has 4 N–H and O–H groups in total. The van der Waals surface area contributed by atoms with Crippen molar-refractivity contribution in [1.29, 1.82) is 0 Å². The van der Waals surface area contributed by atoms with Crippen molar-refractivity contribution in [3.05, 3.63) is 65.2 Å². The average Bonchev–Trinajstić information content (AvgIpc) is 2.87. The summed E-state index contributed by atoms with van der Waals surface area (Å²) in [5.74, 6) is 4.42. The molecule has 0 unspecified atom stereocenters. The molecule has 0 radical (unpaired) electrons. The summed E-state index contributed by atoms with van der Waals surface area (Å²) in [7, 11) is -2.96. The highest BCUT2D eigenvalue weighted by Gasteiger charge is 2.46. The Morgan fingerprint density at radius 1 is 1.03 bits per heavy atom. The first kappa shape index (κ1) is 28.0. The normalized spacial score (nSPS) is 17.6. The molecule has 1 aliphatic rings. The summed E-state index contributed by atoms with van der Waals surface area (Å²) in [6.07, 6.45) is -2.61. The van der Waals surface area contributed by atoms with Crippen molar-refractivity contribution in [2.24, 2.45) is 0 Å². The maximum Gasteiger partial charge on any atom is 0.269 e. The molecule has 1 fully saturated rings. The Bertz CT molecular complexity index is 1270. The van der Waals surface area contributed by atoms with Crippen molar-refractivity contribution in [1.82, 2.24) is 10.8 Å². The Hall–Kier alpha value is -3.53. The number of rotatable bonds is 7. The van der Waals surface area contributed by atoms with Crippen LogP contribution in [0.2, 0.25) is 0 Å². The topological polar surface area (TPSA) is 142 Å². The van der Waals surface area contributed by atoms with Crippen LogP contribution in [0.25, 0.3) is 0 Å². The van der Waals surface area contributed by atoms with Crippen LogP contribution in [0.15, 0.2) is 48.5 Å². The maximum atomic E-state index is 13.1. The lowest BCUT2D eigenvalue weighted by Gasteiger charge is -2.30. The molecule has 0 aliphatic carbocycles. The van der Waals surface area contributed by atoms with Gasteiger partial charge in [-0.1, -0.05) is 11.8 Å². The number of hydrogen-bond donors (Lipinski definition) is 4. The largest absolute Gasteiger partial charge is 0.490 e. The molecule has 198 valence electrons. The van der Waals surface area contributed by atoms with Gasteiger partial charge in [-0.3, -0.25) is 14.8 Å². The van der Waals surface area contributed by atoms with Crippen LogP contribution >= 0.6 is 0 Å². The van der Waals surface area contributed by atoms with Crippen LogP contribution in [0.5, 0.6) is 5.75 Å². The monoisotopic (exact) mass is 536 g/mol. The first-order valence-corrected chi connectivity index (χ1v) is 13.1. The number of hydroxylamine groups is 1. The highest BCUT2D eigenvalue weighted by atomic mass is 32.2. The molecule has 0 bridgehead atoms. The lowest BCUT2D eigenvalue weighted by molar-refractivity contribution is -0.149. The van der Waals surface area contributed by atoms with Crippen molar-refractivity contribution in [2.75, 3.05) is 11.5 Å². The van der Waals surface area contributed by atoms with Crippen LogP contribution in [0.3, 0.4) is 0 Å². The third kappa shape index (κ3) is 7.48. The van der Waals surface area contributed by atoms with Crippen molar-refractivity contribution in [2.45, 2.75) is 43.9 Å². The first-order valence-electron chi connectivity index (χ1n) is 11.3. The molecule has 2 atom stereocenters. The van der Waals surface area contributed by atoms with E-state index in [1.165, 1.54) is 24.3 Å². The minimum Gasteiger partial charge on any atom is -0.490 e. The van der Waals surface area contributed by atoms with Gasteiger partial charge in [0.2, 0.25) is 0 Å². The summed E-state index contributed by atoms with van der Waals surface area (Å²) >= 11 is 0. The van der Waals surface area contributed by atoms with Crippen molar-refractivity contribution in [3.63, 3.8) is 0 Å². The molecule has 1 saturated heterocycles. The zero-order valence-corrected chi connectivity index (χ0v) is 20.6. The average molecular weight is 537 g/mol. The number of halogens is 2. The molecule has 0 spiro atoms. The predicted molar refractivity (Wildman–Crippen MR) is 129 cm³/mol. The highest BCUT2D eigenvalue weighted by molar-refractivity contribution is 7.91. The molecule has 9 nitrogen and oxygen atoms in total. The summed E-state index contributed by atoms with van der Waals surface area (Å²) in [4.78, 5) is 24.2. The minimum absolute atomic E-state index is 0.0170. The van der Waals surface area contributed by atoms with Crippen molar-refractivity contribution >= 4 is 21.7 Å². The van der Waals surface area contributed by atoms with Gasteiger partial charge in [-0.15, -0.1) is 0 Å². The van der Waals surface area contributed by atoms with Crippen LogP contribution in [0.1, 0.15) is 41.3 Å². The van der Waals surface area contributed by atoms with E-state index in [0.717, 1.165) is 5.48 Å². The second-order valence-corrected chi connectivity index (χ2v) is 11.0. The van der Waals surface area contributed by atoms with Gasteiger partial charge in [0.25, 0.3) is 18.2 Å². The Morgan fingerprint density at radius 3 is 2.03 bits per heavy atom. The molecule has 2 aromatic rings. The molecule has 1 aliphatic heterocycles. The number of carbonyl (C=O) groups is 2. The number of sulfone groups is 1. The molecule has 3 rings (SSSR count). The molecular formula is C25H26F2N2O7S. The molecular weight excluding hydrogens is 510 g/mol. The van der Waals surface area contributed by atoms with E-state index in [-0.39, 0.29) is 23.2 Å². The van der Waals surface area contributed by atoms with E-state index in [1.807, 2.05) is 5.32 Å². The fourth-order valence-corrected chi connectivity index (χ4v) is 4.97. The second-order valence-electron chi connectivity index (χ2n) is 8.73. The SMILES string of the molecule is C[C@@](O)(C(F)F)[C@H](NC(=O)c1ccc(C#Cc2ccc(OC3CCS(=O)(=O)CC3)cc2)cc1)C(=O)NO. The van der Waals surface area contributed by atoms with E-state index in [1.54, 1.807) is 24.3 Å². The summed E-state index contributed by atoms with van der Waals surface area (Å²) in [6.45, 7) is 0.664. The van der Waals surface area contributed by atoms with E-state index < -0.39 is 39.7 Å². The van der Waals surface area contributed by atoms with Crippen molar-refractivity contribution in [3.8, 4) is 17.6 Å². The van der Waals surface area contributed by atoms with Gasteiger partial charge in [0.05, 0.1) is 11.5 Å². The number of hydrogen-bond acceptors (Lipinski definition) is 7. The van der Waals surface area contributed by atoms with E-state index in [0.29, 0.717) is 36.6 Å². The van der Waals surface area contributed by atoms with Gasteiger partial charge in [0, 0.05) is 16.7 Å². The second kappa shape index (κ2) is 11.7. The molecule has 12 heteroatoms. The van der Waals surface area contributed by atoms with Gasteiger partial charge in [-0.25, -0.2) is 22.7 Å². The van der Waals surface area contributed by atoms with Crippen LogP contribution in [-0.4, -0.2) is 66.2 Å². The van der Waals surface area contributed by atoms with Gasteiger partial charge in [-0.05, 0) is 68.3 Å². The molecule has 1 heterocycles. The summed E-state index contributed by atoms with van der Waals surface area (Å²) in [5.41, 5.74) is -0.519. The van der Waals surface area contributed by atoms with Gasteiger partial charge >= 0.3 is 0 Å². The number of amides is 2. The summed E-state index contributed by atoms with van der Waals surface area (Å²) < 4.78 is 55.2. The maximum absolute atomic E-state index is 13.1. The van der Waals surface area contributed by atoms with Gasteiger partial charge in [-0.2, -0.15) is 0 Å². The first-order chi connectivity index (χ1) is 17.4. The molecule has 0 saturated carbocycles. The quantitative estimate of drug-likeness (QED) is 0.240. The Morgan fingerprint density at radius 2 is 1.54 bits per heavy atom. The fourth-order valence-electron chi connectivity index (χ4n) is 3.53. The standard InChI is InChI=1S/C25H26F2N2O7S/c1-25(32,24(26)27)21(23(31)29-33)28-22(30)18-8-4-16(5-9-18)2-3-17-6-10-19(11-7-17)36-20-12-14-37(34,35)15-13-20/h4-11,20-21,24,32-33H,12-15H2,1H3,(H,28,30)(H,29,31)/t21-,25+/m1/s1. The molecule has 37 heavy (non-hydrogen) atoms. The van der Waals surface area contributed by atoms with E-state index >= 15 is 0 Å². The molecule has 0 aromatic heterocycles. The summed E-state index contributed by atoms with van der Waals surface area (Å²) in [6, 6.07) is 10.7. The third-order valence-corrected chi connectivity index (χ3v) is 7.55. The highest BCUT2D eigenvalue weighted by Crippen LogP contribution is 2.22. The number of carbonyl (C=O) groups excluding carboxylic acids is 2. The number of aliphatic hydroxyl groups is 1. The number of benzene rings is 2. The Labute approximate surface area is 212 Å². The van der Waals surface area contributed by atoms with Crippen LogP contribution in [0, 0.1) is 11.8 Å². The van der Waals surface area contributed by atoms with Crippen molar-refractivity contribution < 1.29 is 41.8 Å². The molecule has 2 aromatic carbocycles. The predicted octanol–water partition coefficient (Wildman–Crippen LogP) is 1.66. The Balaban J connectivity index is 1.61. The summed E-state index contributed by atoms with van der Waals surface area (Å²) in [5, 5.41) is 20.7. The van der Waals surface area contributed by atoms with Gasteiger partial charge in [0.15, 0.2) is 15.4 Å². The van der Waals surface area contributed by atoms with Crippen LogP contribution in [-0.2, 0) is 14.6 Å². The zero-order valence-electron chi connectivity index (χ0n) is 19.8. The zero-order chi connectivity index (χ0) is 27.2.